The van der Waals surface area contributed by atoms with Crippen LogP contribution in [0.15, 0.2) is 0 Å². The minimum atomic E-state index is -4.44. The lowest BCUT2D eigenvalue weighted by Crippen LogP contribution is -2.32. The Balaban J connectivity index is 3.35. The zero-order valence-corrected chi connectivity index (χ0v) is 12.4. The summed E-state index contributed by atoms with van der Waals surface area (Å²) in [6.07, 6.45) is -4.44. The third-order valence-electron chi connectivity index (χ3n) is 2.58. The smallest absolute Gasteiger partial charge is 0.397 e. The number of nitrogens with two attached hydrogens (primary N) is 1. The minimum absolute atomic E-state index is 0.000115. The molecule has 6 nitrogen and oxygen atoms in total. The molecule has 0 spiro atoms. The molecular weight excluding hydrogens is 309 g/mol. The van der Waals surface area contributed by atoms with Crippen LogP contribution in [-0.2, 0) is 0 Å². The number of amides is 2. The number of rotatable bonds is 4. The van der Waals surface area contributed by atoms with Gasteiger partial charge in [0.1, 0.15) is 16.4 Å². The van der Waals surface area contributed by atoms with Gasteiger partial charge in [-0.2, -0.15) is 13.2 Å². The molecule has 0 fully saturated rings. The predicted octanol–water partition coefficient (Wildman–Crippen LogP) is 1.05. The fourth-order valence-electron chi connectivity index (χ4n) is 1.67. The van der Waals surface area contributed by atoms with Crippen molar-refractivity contribution in [2.45, 2.75) is 6.18 Å². The second-order valence-corrected chi connectivity index (χ2v) is 5.15. The number of nitrogens with one attached hydrogen (secondary N) is 2. The third-order valence-corrected chi connectivity index (χ3v) is 3.90. The molecule has 1 heterocycles. The van der Waals surface area contributed by atoms with Crippen LogP contribution in [0.3, 0.4) is 0 Å². The number of anilines is 2. The van der Waals surface area contributed by atoms with Gasteiger partial charge in [0, 0.05) is 21.1 Å². The van der Waals surface area contributed by atoms with Crippen molar-refractivity contribution in [1.82, 2.24) is 10.6 Å². The van der Waals surface area contributed by atoms with Gasteiger partial charge in [-0.05, 0) is 0 Å². The summed E-state index contributed by atoms with van der Waals surface area (Å²) in [7, 11) is 3.87. The molecule has 0 radical (unpaired) electrons. The number of halogens is 3. The van der Waals surface area contributed by atoms with Crippen LogP contribution in [0, 0.1) is 0 Å². The monoisotopic (exact) mass is 324 g/mol. The maximum atomic E-state index is 12.5. The fourth-order valence-corrected chi connectivity index (χ4v) is 2.79. The number of carbonyl (C=O) groups is 2. The van der Waals surface area contributed by atoms with Gasteiger partial charge in [0.25, 0.3) is 11.8 Å². The SMILES string of the molecule is CNC(=O)c1sc(N(C)CC(F)(F)F)c(C(=O)NC)c1N. The summed E-state index contributed by atoms with van der Waals surface area (Å²) in [5, 5.41) is 4.61. The average molecular weight is 324 g/mol. The molecule has 10 heteroatoms. The summed E-state index contributed by atoms with van der Waals surface area (Å²) < 4.78 is 37.5. The van der Waals surface area contributed by atoms with E-state index in [9.17, 15) is 22.8 Å². The molecule has 118 valence electrons. The van der Waals surface area contributed by atoms with E-state index < -0.39 is 24.5 Å². The zero-order valence-electron chi connectivity index (χ0n) is 11.6. The molecule has 21 heavy (non-hydrogen) atoms. The first-order chi connectivity index (χ1) is 9.62. The van der Waals surface area contributed by atoms with Crippen LogP contribution in [0.5, 0.6) is 0 Å². The molecule has 0 saturated carbocycles. The lowest BCUT2D eigenvalue weighted by molar-refractivity contribution is -0.119. The predicted molar refractivity (Wildman–Crippen MR) is 74.8 cm³/mol. The topological polar surface area (TPSA) is 87.5 Å². The van der Waals surface area contributed by atoms with Crippen LogP contribution in [0.2, 0.25) is 0 Å². The molecule has 0 atom stereocenters. The second kappa shape index (κ2) is 6.20. The summed E-state index contributed by atoms with van der Waals surface area (Å²) in [4.78, 5) is 24.3. The summed E-state index contributed by atoms with van der Waals surface area (Å²) in [6, 6.07) is 0. The Bertz CT molecular complexity index is 556. The highest BCUT2D eigenvalue weighted by atomic mass is 32.1. The van der Waals surface area contributed by atoms with E-state index in [-0.39, 0.29) is 21.1 Å². The first kappa shape index (κ1) is 17.1. The molecular formula is C11H15F3N4O2S. The van der Waals surface area contributed by atoms with Crippen LogP contribution in [0.4, 0.5) is 23.9 Å². The number of nitrogens with zero attached hydrogens (tertiary/aromatic N) is 1. The van der Waals surface area contributed by atoms with E-state index in [0.29, 0.717) is 0 Å². The van der Waals surface area contributed by atoms with Gasteiger partial charge in [-0.15, -0.1) is 11.3 Å². The van der Waals surface area contributed by atoms with Gasteiger partial charge in [-0.25, -0.2) is 0 Å². The van der Waals surface area contributed by atoms with Crippen LogP contribution in [0.25, 0.3) is 0 Å². The van der Waals surface area contributed by atoms with Crippen molar-refractivity contribution in [3.8, 4) is 0 Å². The standard InChI is InChI=1S/C11H15F3N4O2S/c1-16-8(19)5-6(15)7(9(20)17-2)21-10(5)18(3)4-11(12,13)14/h4,15H2,1-3H3,(H,16,19)(H,17,20). The lowest BCUT2D eigenvalue weighted by atomic mass is 10.2. The van der Waals surface area contributed by atoms with Crippen molar-refractivity contribution in [1.29, 1.82) is 0 Å². The average Bonchev–Trinajstić information content (AvgIpc) is 2.73. The summed E-state index contributed by atoms with van der Waals surface area (Å²) in [5.41, 5.74) is 5.47. The maximum Gasteiger partial charge on any atom is 0.405 e. The Hall–Kier alpha value is -1.97. The quantitative estimate of drug-likeness (QED) is 0.772. The van der Waals surface area contributed by atoms with Gasteiger partial charge in [0.2, 0.25) is 0 Å². The Morgan fingerprint density at radius 3 is 2.19 bits per heavy atom. The number of carbonyl (C=O) groups excluding carboxylic acids is 2. The van der Waals surface area contributed by atoms with E-state index in [1.165, 1.54) is 21.1 Å². The van der Waals surface area contributed by atoms with Crippen LogP contribution in [-0.4, -0.2) is 45.7 Å². The van der Waals surface area contributed by atoms with E-state index in [1.807, 2.05) is 0 Å². The molecule has 0 aromatic carbocycles. The molecule has 0 saturated heterocycles. The molecule has 1 aromatic heterocycles. The lowest BCUT2D eigenvalue weighted by Gasteiger charge is -2.20. The van der Waals surface area contributed by atoms with Crippen molar-refractivity contribution in [3.05, 3.63) is 10.4 Å². The summed E-state index contributed by atoms with van der Waals surface area (Å²) in [6.45, 7) is -1.26. The first-order valence-electron chi connectivity index (χ1n) is 5.76. The van der Waals surface area contributed by atoms with E-state index in [1.54, 1.807) is 0 Å². The maximum absolute atomic E-state index is 12.5. The number of alkyl halides is 3. The van der Waals surface area contributed by atoms with Crippen LogP contribution in [0.1, 0.15) is 20.0 Å². The van der Waals surface area contributed by atoms with Crippen LogP contribution < -0.4 is 21.3 Å². The van der Waals surface area contributed by atoms with Crippen molar-refractivity contribution in [2.75, 3.05) is 38.3 Å². The molecule has 1 rings (SSSR count). The minimum Gasteiger partial charge on any atom is -0.397 e. The number of hydrogen-bond donors (Lipinski definition) is 3. The normalized spacial score (nSPS) is 11.1. The molecule has 0 aliphatic heterocycles. The number of thiophene rings is 1. The van der Waals surface area contributed by atoms with Crippen LogP contribution >= 0.6 is 11.3 Å². The molecule has 4 N–H and O–H groups in total. The first-order valence-corrected chi connectivity index (χ1v) is 6.58. The van der Waals surface area contributed by atoms with Gasteiger partial charge < -0.3 is 21.3 Å². The third kappa shape index (κ3) is 3.78. The molecule has 0 aliphatic rings. The molecule has 0 aliphatic carbocycles. The van der Waals surface area contributed by atoms with E-state index in [0.717, 1.165) is 16.2 Å². The highest BCUT2D eigenvalue weighted by molar-refractivity contribution is 7.19. The van der Waals surface area contributed by atoms with E-state index in [4.69, 9.17) is 5.73 Å². The summed E-state index contributed by atoms with van der Waals surface area (Å²) in [5.74, 6) is -1.21. The van der Waals surface area contributed by atoms with Gasteiger partial charge in [-0.1, -0.05) is 0 Å². The highest BCUT2D eigenvalue weighted by Gasteiger charge is 2.33. The Labute approximate surface area is 123 Å². The Morgan fingerprint density at radius 2 is 1.76 bits per heavy atom. The van der Waals surface area contributed by atoms with E-state index in [2.05, 4.69) is 10.6 Å². The van der Waals surface area contributed by atoms with Gasteiger partial charge >= 0.3 is 6.18 Å². The van der Waals surface area contributed by atoms with Crippen molar-refractivity contribution < 1.29 is 22.8 Å². The van der Waals surface area contributed by atoms with Gasteiger partial charge in [-0.3, -0.25) is 9.59 Å². The van der Waals surface area contributed by atoms with Gasteiger partial charge in [0.15, 0.2) is 0 Å². The Kier molecular flexibility index (Phi) is 5.05. The number of hydrogen-bond acceptors (Lipinski definition) is 5. The highest BCUT2D eigenvalue weighted by Crippen LogP contribution is 2.38. The molecule has 0 unspecified atom stereocenters. The fraction of sp³-hybridized carbons (Fsp3) is 0.455. The van der Waals surface area contributed by atoms with Crippen molar-refractivity contribution >= 4 is 33.8 Å². The molecule has 1 aromatic rings. The Morgan fingerprint density at radius 1 is 1.24 bits per heavy atom. The second-order valence-electron chi connectivity index (χ2n) is 4.15. The van der Waals surface area contributed by atoms with Gasteiger partial charge in [0.05, 0.1) is 11.3 Å². The summed E-state index contributed by atoms with van der Waals surface area (Å²) >= 11 is 0.739. The zero-order chi connectivity index (χ0) is 16.4. The number of nitrogen functional groups attached to an aromatic ring is 1. The molecule has 0 bridgehead atoms. The van der Waals surface area contributed by atoms with Crippen molar-refractivity contribution in [2.24, 2.45) is 0 Å². The van der Waals surface area contributed by atoms with Crippen molar-refractivity contribution in [3.63, 3.8) is 0 Å². The molecule has 2 amide bonds. The van der Waals surface area contributed by atoms with E-state index >= 15 is 0 Å². The largest absolute Gasteiger partial charge is 0.405 e.